The number of nitrogens with zero attached hydrogens (tertiary/aromatic N) is 4. The molecule has 9 heavy (non-hydrogen) atoms. The van der Waals surface area contributed by atoms with Crippen LogP contribution in [-0.2, 0) is 0 Å². The summed E-state index contributed by atoms with van der Waals surface area (Å²) in [5, 5.41) is 18.1. The van der Waals surface area contributed by atoms with Crippen LogP contribution in [0.2, 0.25) is 0 Å². The van der Waals surface area contributed by atoms with Crippen molar-refractivity contribution in [2.75, 3.05) is 0 Å². The van der Waals surface area contributed by atoms with Gasteiger partial charge in [0.1, 0.15) is 6.07 Å². The second kappa shape index (κ2) is 3.75. The smallest absolute Gasteiger partial charge is 0.166 e. The molecule has 0 fully saturated rings. The quantitative estimate of drug-likeness (QED) is 0.518. The van der Waals surface area contributed by atoms with E-state index in [-0.39, 0.29) is 12.4 Å². The fourth-order valence-corrected chi connectivity index (χ4v) is 0.301. The van der Waals surface area contributed by atoms with Crippen molar-refractivity contribution in [3.05, 3.63) is 18.0 Å². The van der Waals surface area contributed by atoms with Crippen molar-refractivity contribution in [2.24, 2.45) is 0 Å². The predicted octanol–water partition coefficient (Wildman–Crippen LogP) is 0.165. The van der Waals surface area contributed by atoms with E-state index in [9.17, 15) is 0 Å². The highest BCUT2D eigenvalue weighted by atomic mass is 35.5. The molecule has 0 radical (unpaired) electrons. The van der Waals surface area contributed by atoms with Gasteiger partial charge in [-0.2, -0.15) is 5.26 Å². The maximum absolute atomic E-state index is 8.16. The van der Waals surface area contributed by atoms with Crippen molar-refractivity contribution in [2.45, 2.75) is 0 Å². The largest absolute Gasteiger partial charge is 0.191 e. The van der Waals surface area contributed by atoms with Crippen LogP contribution in [0.3, 0.4) is 0 Å². The van der Waals surface area contributed by atoms with E-state index in [1.165, 1.54) is 12.3 Å². The van der Waals surface area contributed by atoms with Crippen molar-refractivity contribution in [3.63, 3.8) is 0 Å². The molecule has 1 aromatic rings. The zero-order valence-corrected chi connectivity index (χ0v) is 5.17. The van der Waals surface area contributed by atoms with E-state index in [4.69, 9.17) is 5.26 Å². The van der Waals surface area contributed by atoms with Crippen molar-refractivity contribution in [1.82, 2.24) is 15.4 Å². The van der Waals surface area contributed by atoms with E-state index in [0.717, 1.165) is 0 Å². The Kier molecular flexibility index (Phi) is 3.25. The molecule has 0 bridgehead atoms. The van der Waals surface area contributed by atoms with Gasteiger partial charge in [-0.3, -0.25) is 0 Å². The lowest BCUT2D eigenvalue weighted by atomic mass is 10.5. The number of hydrogen-bond acceptors (Lipinski definition) is 4. The summed E-state index contributed by atoms with van der Waals surface area (Å²) >= 11 is 0. The Morgan fingerprint density at radius 3 is 2.67 bits per heavy atom. The summed E-state index contributed by atoms with van der Waals surface area (Å²) in [5.41, 5.74) is 0.292. The molecule has 0 unspecified atom stereocenters. The highest BCUT2D eigenvalue weighted by molar-refractivity contribution is 5.85. The Morgan fingerprint density at radius 2 is 2.33 bits per heavy atom. The van der Waals surface area contributed by atoms with Crippen molar-refractivity contribution < 1.29 is 0 Å². The van der Waals surface area contributed by atoms with Gasteiger partial charge in [0.2, 0.25) is 0 Å². The van der Waals surface area contributed by atoms with Crippen molar-refractivity contribution >= 4 is 12.4 Å². The van der Waals surface area contributed by atoms with Crippen LogP contribution in [0.1, 0.15) is 5.69 Å². The summed E-state index contributed by atoms with van der Waals surface area (Å²) < 4.78 is 0. The Balaban J connectivity index is 0.000000640. The fourth-order valence-electron chi connectivity index (χ4n) is 0.301. The van der Waals surface area contributed by atoms with Crippen LogP contribution in [0.25, 0.3) is 0 Å². The first-order chi connectivity index (χ1) is 3.93. The van der Waals surface area contributed by atoms with E-state index >= 15 is 0 Å². The lowest BCUT2D eigenvalue weighted by Gasteiger charge is -1.76. The molecule has 46 valence electrons. The van der Waals surface area contributed by atoms with E-state index in [1.54, 1.807) is 0 Å². The predicted molar refractivity (Wildman–Crippen MR) is 31.8 cm³/mol. The van der Waals surface area contributed by atoms with Gasteiger partial charge in [-0.15, -0.1) is 22.6 Å². The summed E-state index contributed by atoms with van der Waals surface area (Å²) in [6.07, 6.45) is 1.42. The second-order valence-corrected chi connectivity index (χ2v) is 1.12. The number of aromatic nitrogens is 3. The minimum Gasteiger partial charge on any atom is -0.191 e. The zero-order chi connectivity index (χ0) is 5.82. The molecule has 1 rings (SSSR count). The number of hydrogen-bond donors (Lipinski definition) is 0. The third kappa shape index (κ3) is 2.02. The molecule has 0 N–H and O–H groups in total. The first-order valence-corrected chi connectivity index (χ1v) is 1.98. The molecule has 0 saturated carbocycles. The van der Waals surface area contributed by atoms with Crippen LogP contribution in [0.4, 0.5) is 0 Å². The molecule has 0 spiro atoms. The van der Waals surface area contributed by atoms with Gasteiger partial charge < -0.3 is 0 Å². The standard InChI is InChI=1S/C4H2N4.ClH/c5-3-4-1-2-6-8-7-4;/h1-2H;1H. The highest BCUT2D eigenvalue weighted by Crippen LogP contribution is 1.80. The Morgan fingerprint density at radius 1 is 1.56 bits per heavy atom. The third-order valence-corrected chi connectivity index (χ3v) is 0.618. The van der Waals surface area contributed by atoms with Gasteiger partial charge in [-0.05, 0) is 11.3 Å². The summed E-state index contributed by atoms with van der Waals surface area (Å²) in [5.74, 6) is 0. The molecule has 1 aromatic heterocycles. The van der Waals surface area contributed by atoms with Crippen LogP contribution >= 0.6 is 12.4 Å². The number of nitriles is 1. The third-order valence-electron chi connectivity index (χ3n) is 0.618. The number of halogens is 1. The molecule has 0 aliphatic heterocycles. The van der Waals surface area contributed by atoms with E-state index in [0.29, 0.717) is 5.69 Å². The minimum absolute atomic E-state index is 0. The maximum atomic E-state index is 8.16. The van der Waals surface area contributed by atoms with E-state index in [1.807, 2.05) is 6.07 Å². The molecule has 1 heterocycles. The molecule has 0 amide bonds. The van der Waals surface area contributed by atoms with E-state index in [2.05, 4.69) is 15.4 Å². The average molecular weight is 143 g/mol. The average Bonchev–Trinajstić information content (AvgIpc) is 1.90. The lowest BCUT2D eigenvalue weighted by Crippen LogP contribution is -1.86. The Bertz CT molecular complexity index is 204. The molecule has 5 heteroatoms. The van der Waals surface area contributed by atoms with Crippen molar-refractivity contribution in [3.8, 4) is 6.07 Å². The highest BCUT2D eigenvalue weighted by Gasteiger charge is 1.84. The van der Waals surface area contributed by atoms with Crippen LogP contribution in [0.15, 0.2) is 12.3 Å². The first-order valence-electron chi connectivity index (χ1n) is 1.98. The van der Waals surface area contributed by atoms with Crippen molar-refractivity contribution in [1.29, 1.82) is 5.26 Å². The summed E-state index contributed by atoms with van der Waals surface area (Å²) in [6.45, 7) is 0. The topological polar surface area (TPSA) is 62.5 Å². The number of rotatable bonds is 0. The van der Waals surface area contributed by atoms with Gasteiger partial charge in [0.25, 0.3) is 0 Å². The second-order valence-electron chi connectivity index (χ2n) is 1.12. The van der Waals surface area contributed by atoms with Gasteiger partial charge in [0.15, 0.2) is 5.69 Å². The molecule has 0 saturated heterocycles. The molecule has 4 nitrogen and oxygen atoms in total. The lowest BCUT2D eigenvalue weighted by molar-refractivity contribution is 0.854. The molecule has 0 aliphatic rings. The molecule has 0 aliphatic carbocycles. The van der Waals surface area contributed by atoms with E-state index < -0.39 is 0 Å². The van der Waals surface area contributed by atoms with Crippen LogP contribution < -0.4 is 0 Å². The monoisotopic (exact) mass is 142 g/mol. The summed E-state index contributed by atoms with van der Waals surface area (Å²) in [7, 11) is 0. The van der Waals surface area contributed by atoms with Gasteiger partial charge in [-0.25, -0.2) is 0 Å². The van der Waals surface area contributed by atoms with Gasteiger partial charge in [0, 0.05) is 0 Å². The normalized spacial score (nSPS) is 7.00. The minimum atomic E-state index is 0. The zero-order valence-electron chi connectivity index (χ0n) is 4.35. The first kappa shape index (κ1) is 7.79. The van der Waals surface area contributed by atoms with Crippen LogP contribution in [0, 0.1) is 11.3 Å². The molecular weight excluding hydrogens is 140 g/mol. The molecule has 0 atom stereocenters. The summed E-state index contributed by atoms with van der Waals surface area (Å²) in [4.78, 5) is 0. The Hall–Kier alpha value is -1.21. The SMILES string of the molecule is Cl.N#Cc1ccnnn1. The van der Waals surface area contributed by atoms with Crippen LogP contribution in [0.5, 0.6) is 0 Å². The Labute approximate surface area is 57.9 Å². The summed E-state index contributed by atoms with van der Waals surface area (Å²) in [6, 6.07) is 3.31. The molecule has 0 aromatic carbocycles. The van der Waals surface area contributed by atoms with Crippen LogP contribution in [-0.4, -0.2) is 15.4 Å². The van der Waals surface area contributed by atoms with Gasteiger partial charge in [0.05, 0.1) is 6.20 Å². The molecular formula is C4H3ClN4. The maximum Gasteiger partial charge on any atom is 0.166 e. The van der Waals surface area contributed by atoms with Gasteiger partial charge >= 0.3 is 0 Å². The fraction of sp³-hybridized carbons (Fsp3) is 0. The van der Waals surface area contributed by atoms with Gasteiger partial charge in [-0.1, -0.05) is 0 Å².